The Morgan fingerprint density at radius 3 is 2.27 bits per heavy atom. The second kappa shape index (κ2) is 6.41. The molecule has 2 rings (SSSR count). The molecular formula is C13H8Cl2F3N3O. The predicted octanol–water partition coefficient (Wildman–Crippen LogP) is 5.05. The van der Waals surface area contributed by atoms with Crippen molar-refractivity contribution < 1.29 is 18.0 Å². The number of nitrogens with zero attached hydrogens (tertiary/aromatic N) is 1. The smallest absolute Gasteiger partial charge is 0.308 e. The van der Waals surface area contributed by atoms with Gasteiger partial charge in [0.2, 0.25) is 0 Å². The summed E-state index contributed by atoms with van der Waals surface area (Å²) in [6.07, 6.45) is -4.59. The molecule has 1 aromatic carbocycles. The highest BCUT2D eigenvalue weighted by Gasteiger charge is 2.31. The Kier molecular flexibility index (Phi) is 4.77. The van der Waals surface area contributed by atoms with Gasteiger partial charge < -0.3 is 5.32 Å². The number of urea groups is 1. The van der Waals surface area contributed by atoms with Crippen LogP contribution >= 0.6 is 23.2 Å². The van der Waals surface area contributed by atoms with Crippen LogP contribution in [-0.2, 0) is 6.18 Å². The van der Waals surface area contributed by atoms with Crippen LogP contribution in [0.25, 0.3) is 0 Å². The van der Waals surface area contributed by atoms with Crippen LogP contribution in [0, 0.1) is 0 Å². The van der Waals surface area contributed by atoms with Crippen LogP contribution in [0.4, 0.5) is 29.5 Å². The third-order valence-electron chi connectivity index (χ3n) is 2.47. The Balaban J connectivity index is 2.11. The zero-order chi connectivity index (χ0) is 16.3. The third-order valence-corrected chi connectivity index (χ3v) is 2.91. The number of halogens is 5. The van der Waals surface area contributed by atoms with Crippen molar-refractivity contribution in [2.45, 2.75) is 6.18 Å². The van der Waals surface area contributed by atoms with E-state index in [1.807, 2.05) is 0 Å². The van der Waals surface area contributed by atoms with E-state index in [1.165, 1.54) is 12.1 Å². The van der Waals surface area contributed by atoms with Crippen LogP contribution < -0.4 is 10.6 Å². The van der Waals surface area contributed by atoms with Crippen LogP contribution in [0.15, 0.2) is 36.4 Å². The first kappa shape index (κ1) is 16.4. The Morgan fingerprint density at radius 2 is 1.68 bits per heavy atom. The summed E-state index contributed by atoms with van der Waals surface area (Å²) in [5.41, 5.74) is -0.589. The molecule has 0 radical (unpaired) electrons. The first-order valence-corrected chi connectivity index (χ1v) is 6.58. The number of pyridine rings is 1. The van der Waals surface area contributed by atoms with Gasteiger partial charge in [-0.15, -0.1) is 0 Å². The molecule has 0 saturated carbocycles. The Morgan fingerprint density at radius 1 is 1.05 bits per heavy atom. The topological polar surface area (TPSA) is 54.0 Å². The van der Waals surface area contributed by atoms with Gasteiger partial charge in [-0.25, -0.2) is 9.78 Å². The highest BCUT2D eigenvalue weighted by atomic mass is 35.5. The number of amides is 2. The number of hydrogen-bond acceptors (Lipinski definition) is 2. The molecule has 2 aromatic rings. The van der Waals surface area contributed by atoms with Crippen LogP contribution in [0.2, 0.25) is 10.2 Å². The molecule has 2 amide bonds. The zero-order valence-electron chi connectivity index (χ0n) is 10.7. The minimum absolute atomic E-state index is 0.314. The fourth-order valence-electron chi connectivity index (χ4n) is 1.54. The van der Waals surface area contributed by atoms with E-state index in [-0.39, 0.29) is 11.0 Å². The average Bonchev–Trinajstić information content (AvgIpc) is 2.39. The molecule has 0 spiro atoms. The van der Waals surface area contributed by atoms with Gasteiger partial charge in [-0.05, 0) is 36.4 Å². The van der Waals surface area contributed by atoms with Crippen LogP contribution in [0.1, 0.15) is 5.56 Å². The normalized spacial score (nSPS) is 11.1. The van der Waals surface area contributed by atoms with Gasteiger partial charge in [-0.2, -0.15) is 13.2 Å². The minimum atomic E-state index is -4.59. The Hall–Kier alpha value is -1.99. The number of rotatable bonds is 2. The molecule has 116 valence electrons. The molecule has 2 N–H and O–H groups in total. The summed E-state index contributed by atoms with van der Waals surface area (Å²) in [6.45, 7) is 0. The Bertz CT molecular complexity index is 690. The molecular weight excluding hydrogens is 342 g/mol. The largest absolute Gasteiger partial charge is 0.416 e. The number of anilines is 2. The third kappa shape index (κ3) is 4.51. The lowest BCUT2D eigenvalue weighted by molar-refractivity contribution is -0.137. The lowest BCUT2D eigenvalue weighted by atomic mass is 10.2. The lowest BCUT2D eigenvalue weighted by Gasteiger charge is -2.11. The number of nitrogens with one attached hydrogen (secondary N) is 2. The summed E-state index contributed by atoms with van der Waals surface area (Å²) in [6, 6.07) is 6.78. The van der Waals surface area contributed by atoms with Gasteiger partial charge in [0.15, 0.2) is 0 Å². The van der Waals surface area contributed by atoms with Gasteiger partial charge in [-0.1, -0.05) is 23.2 Å². The van der Waals surface area contributed by atoms with E-state index in [0.29, 0.717) is 22.8 Å². The molecule has 0 fully saturated rings. The van der Waals surface area contributed by atoms with E-state index >= 15 is 0 Å². The second-order valence-electron chi connectivity index (χ2n) is 4.15. The quantitative estimate of drug-likeness (QED) is 0.745. The van der Waals surface area contributed by atoms with Gasteiger partial charge >= 0.3 is 12.2 Å². The van der Waals surface area contributed by atoms with E-state index in [9.17, 15) is 18.0 Å². The maximum absolute atomic E-state index is 12.6. The van der Waals surface area contributed by atoms with Crippen molar-refractivity contribution in [2.24, 2.45) is 0 Å². The van der Waals surface area contributed by atoms with Gasteiger partial charge in [0.1, 0.15) is 11.0 Å². The van der Waals surface area contributed by atoms with E-state index in [2.05, 4.69) is 15.6 Å². The number of alkyl halides is 3. The number of benzene rings is 1. The maximum atomic E-state index is 12.6. The average molecular weight is 350 g/mol. The summed E-state index contributed by atoms with van der Waals surface area (Å²) < 4.78 is 37.9. The van der Waals surface area contributed by atoms with Crippen LogP contribution in [0.3, 0.4) is 0 Å². The van der Waals surface area contributed by atoms with Gasteiger partial charge in [0, 0.05) is 10.7 Å². The van der Waals surface area contributed by atoms with Gasteiger partial charge in [0.05, 0.1) is 5.56 Å². The molecule has 0 bridgehead atoms. The van der Waals surface area contributed by atoms with E-state index < -0.39 is 17.8 Å². The minimum Gasteiger partial charge on any atom is -0.308 e. The molecule has 0 aliphatic carbocycles. The highest BCUT2D eigenvalue weighted by Crippen LogP contribution is 2.31. The number of aromatic nitrogens is 1. The fraction of sp³-hybridized carbons (Fsp3) is 0.0769. The highest BCUT2D eigenvalue weighted by molar-refractivity contribution is 6.30. The first-order valence-electron chi connectivity index (χ1n) is 5.82. The molecule has 1 aromatic heterocycles. The van der Waals surface area contributed by atoms with Gasteiger partial charge in [-0.3, -0.25) is 5.32 Å². The predicted molar refractivity (Wildman–Crippen MR) is 78.3 cm³/mol. The monoisotopic (exact) mass is 349 g/mol. The number of carbonyl (C=O) groups excluding carboxylic acids is 1. The molecule has 22 heavy (non-hydrogen) atoms. The van der Waals surface area contributed by atoms with Crippen molar-refractivity contribution in [3.63, 3.8) is 0 Å². The van der Waals surface area contributed by atoms with E-state index in [0.717, 1.165) is 0 Å². The summed E-state index contributed by atoms with van der Waals surface area (Å²) in [7, 11) is 0. The zero-order valence-corrected chi connectivity index (χ0v) is 12.2. The number of hydrogen-bond donors (Lipinski definition) is 2. The maximum Gasteiger partial charge on any atom is 0.416 e. The summed E-state index contributed by atoms with van der Waals surface area (Å²) in [4.78, 5) is 15.3. The van der Waals surface area contributed by atoms with E-state index in [1.54, 1.807) is 12.1 Å². The van der Waals surface area contributed by atoms with Crippen LogP contribution in [-0.4, -0.2) is 11.0 Å². The summed E-state index contributed by atoms with van der Waals surface area (Å²) in [5.74, 6) is -0.314. The molecule has 9 heteroatoms. The first-order chi connectivity index (χ1) is 10.2. The Labute approximate surface area is 133 Å². The van der Waals surface area contributed by atoms with Crippen LogP contribution in [0.5, 0.6) is 0 Å². The standard InChI is InChI=1S/C13H8Cl2F3N3O/c14-8-1-3-9(4-2-8)19-12(22)21-11-6-7(13(16,17)18)5-10(15)20-11/h1-6H,(H2,19,20,21,22). The lowest BCUT2D eigenvalue weighted by Crippen LogP contribution is -2.20. The summed E-state index contributed by atoms with van der Waals surface area (Å²) >= 11 is 11.2. The molecule has 1 heterocycles. The van der Waals surface area contributed by atoms with Crippen molar-refractivity contribution in [2.75, 3.05) is 10.6 Å². The van der Waals surface area contributed by atoms with Crippen molar-refractivity contribution in [1.29, 1.82) is 0 Å². The fourth-order valence-corrected chi connectivity index (χ4v) is 1.87. The van der Waals surface area contributed by atoms with Crippen molar-refractivity contribution in [1.82, 2.24) is 4.98 Å². The van der Waals surface area contributed by atoms with Crippen molar-refractivity contribution >= 4 is 40.7 Å². The molecule has 0 saturated heterocycles. The van der Waals surface area contributed by atoms with E-state index in [4.69, 9.17) is 23.2 Å². The van der Waals surface area contributed by atoms with Crippen molar-refractivity contribution in [3.05, 3.63) is 52.1 Å². The molecule has 0 aliphatic rings. The van der Waals surface area contributed by atoms with Crippen molar-refractivity contribution in [3.8, 4) is 0 Å². The number of carbonyl (C=O) groups is 1. The second-order valence-corrected chi connectivity index (χ2v) is 4.97. The molecule has 0 atom stereocenters. The molecule has 0 unspecified atom stereocenters. The SMILES string of the molecule is O=C(Nc1ccc(Cl)cc1)Nc1cc(C(F)(F)F)cc(Cl)n1. The molecule has 4 nitrogen and oxygen atoms in total. The van der Waals surface area contributed by atoms with Gasteiger partial charge in [0.25, 0.3) is 0 Å². The summed E-state index contributed by atoms with van der Waals surface area (Å²) in [5, 5.41) is 4.71. The molecule has 0 aliphatic heterocycles.